The molecular formula is C19H26N4O5. The standard InChI is InChI=1S/C19H26N4O5/c1-27-15-5-3-4-13(18(15)28-2)11-22-8-7-21-19(26)14(22)10-17(25)23-9-6-20-16(24)12-23/h3-5,14H,6-12H2,1-2H3,(H,20,24)(H,21,26)/t14-/m1/s1. The van der Waals surface area contributed by atoms with Gasteiger partial charge in [0.1, 0.15) is 0 Å². The number of rotatable bonds is 6. The molecule has 0 bridgehead atoms. The molecule has 9 nitrogen and oxygen atoms in total. The van der Waals surface area contributed by atoms with Gasteiger partial charge in [0.2, 0.25) is 17.7 Å². The number of para-hydroxylation sites is 1. The van der Waals surface area contributed by atoms with Crippen LogP contribution in [0.5, 0.6) is 11.5 Å². The number of hydrogen-bond donors (Lipinski definition) is 2. The van der Waals surface area contributed by atoms with E-state index in [0.29, 0.717) is 44.2 Å². The summed E-state index contributed by atoms with van der Waals surface area (Å²) in [5, 5.41) is 5.53. The third-order valence-corrected chi connectivity index (χ3v) is 5.06. The molecule has 0 radical (unpaired) electrons. The SMILES string of the molecule is COc1cccc(CN2CCNC(=O)[C@H]2CC(=O)N2CCNC(=O)C2)c1OC. The Hall–Kier alpha value is -2.81. The molecule has 2 heterocycles. The molecule has 2 aliphatic rings. The van der Waals surface area contributed by atoms with Gasteiger partial charge in [-0.1, -0.05) is 12.1 Å². The van der Waals surface area contributed by atoms with Crippen LogP contribution in [0.1, 0.15) is 12.0 Å². The topological polar surface area (TPSA) is 100 Å². The quantitative estimate of drug-likeness (QED) is 0.670. The monoisotopic (exact) mass is 390 g/mol. The van der Waals surface area contributed by atoms with E-state index in [1.165, 1.54) is 4.90 Å². The highest BCUT2D eigenvalue weighted by atomic mass is 16.5. The van der Waals surface area contributed by atoms with Crippen LogP contribution < -0.4 is 20.1 Å². The second kappa shape index (κ2) is 8.92. The highest BCUT2D eigenvalue weighted by Crippen LogP contribution is 2.32. The van der Waals surface area contributed by atoms with Gasteiger partial charge in [0.15, 0.2) is 11.5 Å². The van der Waals surface area contributed by atoms with Crippen molar-refractivity contribution in [1.29, 1.82) is 0 Å². The summed E-state index contributed by atoms with van der Waals surface area (Å²) >= 11 is 0. The Morgan fingerprint density at radius 3 is 2.64 bits per heavy atom. The summed E-state index contributed by atoms with van der Waals surface area (Å²) in [7, 11) is 3.15. The van der Waals surface area contributed by atoms with Crippen LogP contribution >= 0.6 is 0 Å². The van der Waals surface area contributed by atoms with E-state index in [0.717, 1.165) is 5.56 Å². The van der Waals surface area contributed by atoms with Crippen molar-refractivity contribution in [2.24, 2.45) is 0 Å². The predicted molar refractivity (Wildman–Crippen MR) is 101 cm³/mol. The van der Waals surface area contributed by atoms with Crippen molar-refractivity contribution >= 4 is 17.7 Å². The Balaban J connectivity index is 1.75. The Labute approximate surface area is 163 Å². The Kier molecular flexibility index (Phi) is 6.35. The lowest BCUT2D eigenvalue weighted by Crippen LogP contribution is -2.57. The molecule has 2 saturated heterocycles. The largest absolute Gasteiger partial charge is 0.493 e. The molecule has 2 aliphatic heterocycles. The maximum absolute atomic E-state index is 12.7. The van der Waals surface area contributed by atoms with E-state index in [2.05, 4.69) is 10.6 Å². The maximum Gasteiger partial charge on any atom is 0.239 e. The predicted octanol–water partition coefficient (Wildman–Crippen LogP) is -0.647. The molecule has 28 heavy (non-hydrogen) atoms. The van der Waals surface area contributed by atoms with E-state index in [-0.39, 0.29) is 30.7 Å². The van der Waals surface area contributed by atoms with Crippen LogP contribution in [0.15, 0.2) is 18.2 Å². The molecule has 0 spiro atoms. The zero-order chi connectivity index (χ0) is 20.1. The third-order valence-electron chi connectivity index (χ3n) is 5.06. The molecule has 0 unspecified atom stereocenters. The van der Waals surface area contributed by atoms with Crippen LogP contribution in [0.4, 0.5) is 0 Å². The van der Waals surface area contributed by atoms with Crippen molar-refractivity contribution in [3.8, 4) is 11.5 Å². The number of benzene rings is 1. The van der Waals surface area contributed by atoms with E-state index in [1.807, 2.05) is 23.1 Å². The average molecular weight is 390 g/mol. The zero-order valence-electron chi connectivity index (χ0n) is 16.2. The number of ether oxygens (including phenoxy) is 2. The second-order valence-electron chi connectivity index (χ2n) is 6.80. The first-order chi connectivity index (χ1) is 13.5. The minimum atomic E-state index is -0.595. The first kappa shape index (κ1) is 19.9. The molecule has 9 heteroatoms. The summed E-state index contributed by atoms with van der Waals surface area (Å²) in [6.07, 6.45) is 0.0331. The fraction of sp³-hybridized carbons (Fsp3) is 0.526. The highest BCUT2D eigenvalue weighted by Gasteiger charge is 2.34. The number of carbonyl (C=O) groups excluding carboxylic acids is 3. The number of piperazine rings is 2. The number of amides is 3. The van der Waals surface area contributed by atoms with Crippen molar-refractivity contribution in [3.63, 3.8) is 0 Å². The Bertz CT molecular complexity index is 754. The second-order valence-corrected chi connectivity index (χ2v) is 6.80. The van der Waals surface area contributed by atoms with Crippen LogP contribution in [0.25, 0.3) is 0 Å². The molecule has 0 saturated carbocycles. The third kappa shape index (κ3) is 4.36. The van der Waals surface area contributed by atoms with Crippen molar-refractivity contribution < 1.29 is 23.9 Å². The number of nitrogens with one attached hydrogen (secondary N) is 2. The molecule has 3 rings (SSSR count). The number of hydrogen-bond acceptors (Lipinski definition) is 6. The van der Waals surface area contributed by atoms with Crippen molar-refractivity contribution in [3.05, 3.63) is 23.8 Å². The van der Waals surface area contributed by atoms with E-state index >= 15 is 0 Å². The zero-order valence-corrected chi connectivity index (χ0v) is 16.2. The fourth-order valence-electron chi connectivity index (χ4n) is 3.62. The summed E-state index contributed by atoms with van der Waals surface area (Å²) in [6.45, 7) is 2.52. The molecule has 1 aromatic carbocycles. The molecule has 0 aromatic heterocycles. The van der Waals surface area contributed by atoms with Crippen LogP contribution in [0.3, 0.4) is 0 Å². The first-order valence-electron chi connectivity index (χ1n) is 9.29. The van der Waals surface area contributed by atoms with Gasteiger partial charge in [0, 0.05) is 38.3 Å². The Morgan fingerprint density at radius 1 is 1.14 bits per heavy atom. The van der Waals surface area contributed by atoms with Crippen molar-refractivity contribution in [2.45, 2.75) is 19.0 Å². The van der Waals surface area contributed by atoms with Crippen LogP contribution in [0.2, 0.25) is 0 Å². The minimum absolute atomic E-state index is 0.0331. The van der Waals surface area contributed by atoms with E-state index in [9.17, 15) is 14.4 Å². The molecule has 152 valence electrons. The highest BCUT2D eigenvalue weighted by molar-refractivity contribution is 5.91. The minimum Gasteiger partial charge on any atom is -0.493 e. The van der Waals surface area contributed by atoms with Gasteiger partial charge >= 0.3 is 0 Å². The number of nitrogens with zero attached hydrogens (tertiary/aromatic N) is 2. The normalized spacial score (nSPS) is 20.4. The average Bonchev–Trinajstić information content (AvgIpc) is 2.70. The Morgan fingerprint density at radius 2 is 1.93 bits per heavy atom. The van der Waals surface area contributed by atoms with Crippen LogP contribution in [-0.4, -0.2) is 80.5 Å². The first-order valence-corrected chi connectivity index (χ1v) is 9.29. The lowest BCUT2D eigenvalue weighted by Gasteiger charge is -2.36. The van der Waals surface area contributed by atoms with Gasteiger partial charge in [-0.15, -0.1) is 0 Å². The van der Waals surface area contributed by atoms with Gasteiger partial charge in [0.25, 0.3) is 0 Å². The van der Waals surface area contributed by atoms with Crippen molar-refractivity contribution in [1.82, 2.24) is 20.4 Å². The molecule has 1 aromatic rings. The summed E-state index contributed by atoms with van der Waals surface area (Å²) in [6, 6.07) is 5.00. The summed E-state index contributed by atoms with van der Waals surface area (Å²) in [5.41, 5.74) is 0.881. The van der Waals surface area contributed by atoms with E-state index in [4.69, 9.17) is 9.47 Å². The van der Waals surface area contributed by atoms with Crippen LogP contribution in [-0.2, 0) is 20.9 Å². The van der Waals surface area contributed by atoms with E-state index < -0.39 is 6.04 Å². The van der Waals surface area contributed by atoms with Gasteiger partial charge in [-0.05, 0) is 6.07 Å². The van der Waals surface area contributed by atoms with Crippen LogP contribution in [0, 0.1) is 0 Å². The van der Waals surface area contributed by atoms with E-state index in [1.54, 1.807) is 14.2 Å². The maximum atomic E-state index is 12.7. The molecular weight excluding hydrogens is 364 g/mol. The number of carbonyl (C=O) groups is 3. The van der Waals surface area contributed by atoms with Gasteiger partial charge in [0.05, 0.1) is 33.2 Å². The number of methoxy groups -OCH3 is 2. The summed E-state index contributed by atoms with van der Waals surface area (Å²) in [5.74, 6) is 0.690. The molecule has 2 N–H and O–H groups in total. The van der Waals surface area contributed by atoms with Crippen molar-refractivity contribution in [2.75, 3.05) is 46.9 Å². The summed E-state index contributed by atoms with van der Waals surface area (Å²) in [4.78, 5) is 40.2. The van der Waals surface area contributed by atoms with Gasteiger partial charge in [-0.3, -0.25) is 19.3 Å². The smallest absolute Gasteiger partial charge is 0.239 e. The molecule has 3 amide bonds. The van der Waals surface area contributed by atoms with Gasteiger partial charge in [-0.2, -0.15) is 0 Å². The molecule has 0 aliphatic carbocycles. The lowest BCUT2D eigenvalue weighted by atomic mass is 10.1. The molecule has 1 atom stereocenters. The van der Waals surface area contributed by atoms with Gasteiger partial charge < -0.3 is 25.0 Å². The molecule has 2 fully saturated rings. The lowest BCUT2D eigenvalue weighted by molar-refractivity contribution is -0.142. The summed E-state index contributed by atoms with van der Waals surface area (Å²) < 4.78 is 10.8. The fourth-order valence-corrected chi connectivity index (χ4v) is 3.62. The van der Waals surface area contributed by atoms with Gasteiger partial charge in [-0.25, -0.2) is 0 Å².